The molecule has 1 saturated heterocycles. The summed E-state index contributed by atoms with van der Waals surface area (Å²) in [6, 6.07) is 8.53. The van der Waals surface area contributed by atoms with Crippen molar-refractivity contribution in [2.24, 2.45) is 0 Å². The number of hydrogen-bond acceptors (Lipinski definition) is 1. The van der Waals surface area contributed by atoms with E-state index < -0.39 is 0 Å². The fraction of sp³-hybridized carbons (Fsp3) is 0.562. The van der Waals surface area contributed by atoms with Crippen LogP contribution < -0.4 is 0 Å². The first-order valence-electron chi connectivity index (χ1n) is 7.12. The van der Waals surface area contributed by atoms with Gasteiger partial charge in [0.25, 0.3) is 0 Å². The molecule has 1 amide bonds. The van der Waals surface area contributed by atoms with E-state index in [0.29, 0.717) is 12.3 Å². The van der Waals surface area contributed by atoms with E-state index in [1.165, 1.54) is 17.5 Å². The van der Waals surface area contributed by atoms with Crippen LogP contribution in [-0.4, -0.2) is 29.3 Å². The Kier molecular flexibility index (Phi) is 5.26. The summed E-state index contributed by atoms with van der Waals surface area (Å²) in [5.41, 5.74) is 2.54. The molecule has 1 aromatic carbocycles. The van der Waals surface area contributed by atoms with Crippen LogP contribution in [0.3, 0.4) is 0 Å². The van der Waals surface area contributed by atoms with Crippen molar-refractivity contribution in [3.63, 3.8) is 0 Å². The van der Waals surface area contributed by atoms with E-state index in [2.05, 4.69) is 19.1 Å². The van der Waals surface area contributed by atoms with Crippen LogP contribution in [0.4, 0.5) is 0 Å². The third-order valence-corrected chi connectivity index (χ3v) is 4.35. The number of hydrogen-bond donors (Lipinski definition) is 0. The number of likely N-dealkylation sites (tertiary alicyclic amines) is 1. The van der Waals surface area contributed by atoms with Crippen molar-refractivity contribution in [2.45, 2.75) is 45.1 Å². The average molecular weight is 280 g/mol. The normalized spacial score (nSPS) is 19.5. The highest BCUT2D eigenvalue weighted by Gasteiger charge is 2.25. The third-order valence-electron chi connectivity index (χ3n) is 4.00. The van der Waals surface area contributed by atoms with Crippen molar-refractivity contribution in [3.8, 4) is 0 Å². The molecular weight excluding hydrogens is 258 g/mol. The Morgan fingerprint density at radius 1 is 1.37 bits per heavy atom. The summed E-state index contributed by atoms with van der Waals surface area (Å²) in [5, 5.41) is 0. The van der Waals surface area contributed by atoms with Crippen molar-refractivity contribution < 1.29 is 4.79 Å². The number of alkyl halides is 1. The van der Waals surface area contributed by atoms with Gasteiger partial charge in [0.15, 0.2) is 0 Å². The maximum Gasteiger partial charge on any atom is 0.223 e. The maximum atomic E-state index is 12.3. The summed E-state index contributed by atoms with van der Waals surface area (Å²) in [7, 11) is 0. The highest BCUT2D eigenvalue weighted by atomic mass is 35.5. The molecule has 1 aliphatic rings. The lowest BCUT2D eigenvalue weighted by molar-refractivity contribution is -0.134. The molecular formula is C16H22ClNO. The topological polar surface area (TPSA) is 20.3 Å². The molecule has 0 aliphatic carbocycles. The summed E-state index contributed by atoms with van der Waals surface area (Å²) in [5.74, 6) is 0.824. The molecule has 0 radical (unpaired) electrons. The number of carbonyl (C=O) groups is 1. The highest BCUT2D eigenvalue weighted by molar-refractivity contribution is 6.18. The minimum atomic E-state index is 0.250. The predicted octanol–water partition coefficient (Wildman–Crippen LogP) is 3.55. The lowest BCUT2D eigenvalue weighted by Crippen LogP contribution is -2.44. The number of rotatable bonds is 4. The summed E-state index contributed by atoms with van der Waals surface area (Å²) in [4.78, 5) is 14.3. The van der Waals surface area contributed by atoms with Crippen LogP contribution in [0, 0.1) is 6.92 Å². The van der Waals surface area contributed by atoms with E-state index in [4.69, 9.17) is 11.6 Å². The Morgan fingerprint density at radius 2 is 2.16 bits per heavy atom. The van der Waals surface area contributed by atoms with Crippen molar-refractivity contribution in [3.05, 3.63) is 35.4 Å². The Labute approximate surface area is 120 Å². The van der Waals surface area contributed by atoms with Crippen LogP contribution in [0.15, 0.2) is 24.3 Å². The molecule has 1 unspecified atom stereocenters. The van der Waals surface area contributed by atoms with Crippen molar-refractivity contribution >= 4 is 17.5 Å². The second-order valence-electron chi connectivity index (χ2n) is 5.32. The Hall–Kier alpha value is -1.02. The van der Waals surface area contributed by atoms with E-state index in [9.17, 15) is 4.79 Å². The van der Waals surface area contributed by atoms with Crippen molar-refractivity contribution in [2.75, 3.05) is 12.4 Å². The molecule has 0 spiro atoms. The third kappa shape index (κ3) is 3.73. The van der Waals surface area contributed by atoms with Gasteiger partial charge >= 0.3 is 0 Å². The van der Waals surface area contributed by atoms with E-state index in [-0.39, 0.29) is 11.9 Å². The molecule has 0 bridgehead atoms. The van der Waals surface area contributed by atoms with Gasteiger partial charge in [-0.1, -0.05) is 24.3 Å². The number of halogens is 1. The fourth-order valence-corrected chi connectivity index (χ4v) is 3.09. The van der Waals surface area contributed by atoms with E-state index >= 15 is 0 Å². The zero-order valence-corrected chi connectivity index (χ0v) is 12.3. The Morgan fingerprint density at radius 3 is 2.89 bits per heavy atom. The van der Waals surface area contributed by atoms with Gasteiger partial charge in [0.05, 0.1) is 0 Å². The Bertz CT molecular complexity index is 433. The molecule has 0 saturated carbocycles. The quantitative estimate of drug-likeness (QED) is 0.772. The molecule has 19 heavy (non-hydrogen) atoms. The van der Waals surface area contributed by atoms with Crippen LogP contribution in [0.25, 0.3) is 0 Å². The minimum absolute atomic E-state index is 0.250. The highest BCUT2D eigenvalue weighted by Crippen LogP contribution is 2.20. The van der Waals surface area contributed by atoms with E-state index in [1.807, 2.05) is 17.0 Å². The van der Waals surface area contributed by atoms with Crippen molar-refractivity contribution in [1.29, 1.82) is 0 Å². The molecule has 104 valence electrons. The maximum absolute atomic E-state index is 12.3. The van der Waals surface area contributed by atoms with Gasteiger partial charge in [-0.2, -0.15) is 0 Å². The molecule has 1 aliphatic heterocycles. The van der Waals surface area contributed by atoms with Crippen LogP contribution in [0.1, 0.15) is 36.8 Å². The van der Waals surface area contributed by atoms with Gasteiger partial charge in [0.2, 0.25) is 5.91 Å². The van der Waals surface area contributed by atoms with Crippen molar-refractivity contribution in [1.82, 2.24) is 4.90 Å². The summed E-state index contributed by atoms with van der Waals surface area (Å²) < 4.78 is 0. The monoisotopic (exact) mass is 279 g/mol. The standard InChI is InChI=1S/C16H22ClNO/c1-13-6-2-3-7-14(13)9-10-16(19)18-11-5-4-8-15(18)12-17/h2-3,6-7,15H,4-5,8-12H2,1H3. The molecule has 0 aromatic heterocycles. The molecule has 1 fully saturated rings. The zero-order valence-electron chi connectivity index (χ0n) is 11.6. The van der Waals surface area contributed by atoms with Crippen LogP contribution in [0.5, 0.6) is 0 Å². The molecule has 2 rings (SSSR count). The first-order chi connectivity index (χ1) is 9.22. The number of benzene rings is 1. The summed E-state index contributed by atoms with van der Waals surface area (Å²) in [6.07, 6.45) is 4.79. The summed E-state index contributed by atoms with van der Waals surface area (Å²) in [6.45, 7) is 2.98. The van der Waals surface area contributed by atoms with Crippen LogP contribution >= 0.6 is 11.6 Å². The van der Waals surface area contributed by atoms with E-state index in [1.54, 1.807) is 0 Å². The van der Waals surface area contributed by atoms with Gasteiger partial charge < -0.3 is 4.90 Å². The number of nitrogens with zero attached hydrogens (tertiary/aromatic N) is 1. The second kappa shape index (κ2) is 6.95. The van der Waals surface area contributed by atoms with Gasteiger partial charge in [-0.3, -0.25) is 4.79 Å². The number of piperidine rings is 1. The average Bonchev–Trinajstić information content (AvgIpc) is 2.46. The van der Waals surface area contributed by atoms with Gasteiger partial charge in [0, 0.05) is 24.9 Å². The molecule has 1 heterocycles. The van der Waals surface area contributed by atoms with Crippen LogP contribution in [0.2, 0.25) is 0 Å². The molecule has 1 atom stereocenters. The second-order valence-corrected chi connectivity index (χ2v) is 5.63. The molecule has 1 aromatic rings. The lowest BCUT2D eigenvalue weighted by atomic mass is 10.0. The first kappa shape index (κ1) is 14.4. The molecule has 0 N–H and O–H groups in total. The van der Waals surface area contributed by atoms with Gasteiger partial charge in [-0.05, 0) is 43.7 Å². The molecule has 2 nitrogen and oxygen atoms in total. The van der Waals surface area contributed by atoms with Gasteiger partial charge in [-0.15, -0.1) is 11.6 Å². The fourth-order valence-electron chi connectivity index (χ4n) is 2.77. The minimum Gasteiger partial charge on any atom is -0.339 e. The number of carbonyl (C=O) groups excluding carboxylic acids is 1. The SMILES string of the molecule is Cc1ccccc1CCC(=O)N1CCCCC1CCl. The zero-order chi connectivity index (χ0) is 13.7. The smallest absolute Gasteiger partial charge is 0.223 e. The van der Waals surface area contributed by atoms with Gasteiger partial charge in [-0.25, -0.2) is 0 Å². The number of amides is 1. The number of aryl methyl sites for hydroxylation is 2. The lowest BCUT2D eigenvalue weighted by Gasteiger charge is -2.34. The van der Waals surface area contributed by atoms with Gasteiger partial charge in [0.1, 0.15) is 0 Å². The van der Waals surface area contributed by atoms with E-state index in [0.717, 1.165) is 25.8 Å². The largest absolute Gasteiger partial charge is 0.339 e. The van der Waals surface area contributed by atoms with Crippen LogP contribution in [-0.2, 0) is 11.2 Å². The molecule has 3 heteroatoms. The first-order valence-corrected chi connectivity index (χ1v) is 7.65. The Balaban J connectivity index is 1.92. The summed E-state index contributed by atoms with van der Waals surface area (Å²) >= 11 is 5.97. The predicted molar refractivity (Wildman–Crippen MR) is 79.6 cm³/mol.